The van der Waals surface area contributed by atoms with Crippen molar-refractivity contribution in [3.05, 3.63) is 76.4 Å². The molecule has 3 aromatic rings. The minimum Gasteiger partial charge on any atom is -0.359 e. The standard InChI is InChI=1S/C37H49F3N6O2/c1-25-33(26(2)48-44-25)43-36(47)45-21-19-27(20-22-45)23-41-35-30-17-18-32(37(38,39)40)42-34(30)31(28-13-9-8-10-14-28)24-46(35)29-15-11-6-4-3-5-7-12-16-29/h8-10,13-14,17-18,27,29,31,35,41H,3-7,11-12,15-16,19-24H2,1-2H3,(H,43,47). The molecule has 2 unspecified atom stereocenters. The predicted octanol–water partition coefficient (Wildman–Crippen LogP) is 8.58. The second-order valence-corrected chi connectivity index (χ2v) is 13.9. The summed E-state index contributed by atoms with van der Waals surface area (Å²) >= 11 is 0. The maximum Gasteiger partial charge on any atom is 0.433 e. The van der Waals surface area contributed by atoms with E-state index in [1.54, 1.807) is 19.9 Å². The van der Waals surface area contributed by atoms with Crippen LogP contribution in [0, 0.1) is 19.8 Å². The van der Waals surface area contributed by atoms with Gasteiger partial charge in [0.25, 0.3) is 0 Å². The van der Waals surface area contributed by atoms with Gasteiger partial charge in [-0.05, 0) is 63.6 Å². The number of amides is 2. The van der Waals surface area contributed by atoms with Gasteiger partial charge in [-0.15, -0.1) is 0 Å². The lowest BCUT2D eigenvalue weighted by Crippen LogP contribution is -2.51. The second-order valence-electron chi connectivity index (χ2n) is 13.9. The van der Waals surface area contributed by atoms with Crippen molar-refractivity contribution in [2.45, 2.75) is 109 Å². The lowest BCUT2D eigenvalue weighted by Gasteiger charge is -2.46. The molecule has 0 radical (unpaired) electrons. The molecule has 2 amide bonds. The first-order valence-corrected chi connectivity index (χ1v) is 17.8. The van der Waals surface area contributed by atoms with Crippen molar-refractivity contribution in [1.29, 1.82) is 0 Å². The summed E-state index contributed by atoms with van der Waals surface area (Å²) in [6, 6.07) is 12.9. The molecule has 48 heavy (non-hydrogen) atoms. The average molecular weight is 667 g/mol. The molecule has 1 saturated heterocycles. The average Bonchev–Trinajstić information content (AvgIpc) is 3.41. The Bertz CT molecular complexity index is 1470. The lowest BCUT2D eigenvalue weighted by molar-refractivity contribution is -0.141. The van der Waals surface area contributed by atoms with Crippen LogP contribution in [0.2, 0.25) is 0 Å². The van der Waals surface area contributed by atoms with Crippen LogP contribution in [-0.4, -0.2) is 58.2 Å². The number of nitrogens with zero attached hydrogens (tertiary/aromatic N) is 4. The topological polar surface area (TPSA) is 86.5 Å². The van der Waals surface area contributed by atoms with Crippen LogP contribution < -0.4 is 10.6 Å². The van der Waals surface area contributed by atoms with Gasteiger partial charge >= 0.3 is 12.2 Å². The summed E-state index contributed by atoms with van der Waals surface area (Å²) in [4.78, 5) is 21.8. The van der Waals surface area contributed by atoms with Crippen molar-refractivity contribution in [2.75, 3.05) is 31.5 Å². The van der Waals surface area contributed by atoms with E-state index in [1.165, 1.54) is 32.1 Å². The highest BCUT2D eigenvalue weighted by Gasteiger charge is 2.41. The smallest absolute Gasteiger partial charge is 0.359 e. The highest BCUT2D eigenvalue weighted by atomic mass is 19.4. The molecule has 2 fully saturated rings. The lowest BCUT2D eigenvalue weighted by atomic mass is 9.84. The Morgan fingerprint density at radius 3 is 2.21 bits per heavy atom. The van der Waals surface area contributed by atoms with E-state index < -0.39 is 11.9 Å². The van der Waals surface area contributed by atoms with Crippen LogP contribution in [-0.2, 0) is 6.18 Å². The maximum atomic E-state index is 14.0. The Morgan fingerprint density at radius 1 is 0.917 bits per heavy atom. The minimum atomic E-state index is -4.52. The van der Waals surface area contributed by atoms with E-state index in [0.717, 1.165) is 55.7 Å². The number of nitrogens with one attached hydrogen (secondary N) is 2. The molecule has 2 aromatic heterocycles. The number of urea groups is 1. The number of carbonyl (C=O) groups is 1. The quantitative estimate of drug-likeness (QED) is 0.274. The van der Waals surface area contributed by atoms with Crippen LogP contribution in [0.1, 0.15) is 117 Å². The van der Waals surface area contributed by atoms with Crippen molar-refractivity contribution >= 4 is 11.7 Å². The third-order valence-electron chi connectivity index (χ3n) is 10.6. The molecule has 4 heterocycles. The third-order valence-corrected chi connectivity index (χ3v) is 10.6. The highest BCUT2D eigenvalue weighted by Crippen LogP contribution is 2.42. The fourth-order valence-corrected chi connectivity index (χ4v) is 7.86. The van der Waals surface area contributed by atoms with E-state index in [1.807, 2.05) is 35.2 Å². The number of likely N-dealkylation sites (tertiary alicyclic amines) is 1. The van der Waals surface area contributed by atoms with Gasteiger partial charge in [-0.2, -0.15) is 13.2 Å². The number of halogens is 3. The first-order valence-electron chi connectivity index (χ1n) is 17.8. The summed E-state index contributed by atoms with van der Waals surface area (Å²) in [7, 11) is 0. The first-order chi connectivity index (χ1) is 23.2. The number of rotatable bonds is 6. The molecule has 1 saturated carbocycles. The maximum absolute atomic E-state index is 14.0. The number of piperidine rings is 1. The van der Waals surface area contributed by atoms with Gasteiger partial charge in [-0.3, -0.25) is 10.2 Å². The van der Waals surface area contributed by atoms with Crippen LogP contribution in [0.25, 0.3) is 0 Å². The number of aryl methyl sites for hydroxylation is 2. The van der Waals surface area contributed by atoms with E-state index in [4.69, 9.17) is 4.52 Å². The Morgan fingerprint density at radius 2 is 1.58 bits per heavy atom. The Hall–Kier alpha value is -3.44. The van der Waals surface area contributed by atoms with Gasteiger partial charge in [-0.1, -0.05) is 86.5 Å². The summed E-state index contributed by atoms with van der Waals surface area (Å²) in [5.41, 5.74) is 2.80. The van der Waals surface area contributed by atoms with Gasteiger partial charge in [0.15, 0.2) is 5.76 Å². The van der Waals surface area contributed by atoms with Gasteiger partial charge in [-0.25, -0.2) is 9.78 Å². The summed E-state index contributed by atoms with van der Waals surface area (Å²) < 4.78 is 47.2. The van der Waals surface area contributed by atoms with Gasteiger partial charge in [0.1, 0.15) is 17.1 Å². The number of benzene rings is 1. The summed E-state index contributed by atoms with van der Waals surface area (Å²) in [5, 5.41) is 10.7. The fraction of sp³-hybridized carbons (Fsp3) is 0.595. The van der Waals surface area contributed by atoms with E-state index in [2.05, 4.69) is 25.7 Å². The Labute approximate surface area is 281 Å². The van der Waals surface area contributed by atoms with Gasteiger partial charge in [0, 0.05) is 37.2 Å². The van der Waals surface area contributed by atoms with E-state index in [9.17, 15) is 18.0 Å². The Balaban J connectivity index is 1.23. The summed E-state index contributed by atoms with van der Waals surface area (Å²) in [6.45, 7) is 6.17. The third kappa shape index (κ3) is 8.05. The molecule has 6 rings (SSSR count). The zero-order chi connectivity index (χ0) is 33.7. The van der Waals surface area contributed by atoms with Crippen LogP contribution in [0.3, 0.4) is 0 Å². The number of hydrogen-bond donors (Lipinski definition) is 2. The van der Waals surface area contributed by atoms with Crippen LogP contribution in [0.15, 0.2) is 47.0 Å². The zero-order valence-corrected chi connectivity index (χ0v) is 28.2. The largest absolute Gasteiger partial charge is 0.433 e. The molecule has 11 heteroatoms. The van der Waals surface area contributed by atoms with Crippen molar-refractivity contribution in [1.82, 2.24) is 25.3 Å². The van der Waals surface area contributed by atoms with Crippen LogP contribution in [0.4, 0.5) is 23.7 Å². The minimum absolute atomic E-state index is 0.155. The number of carbonyl (C=O) groups excluding carboxylic acids is 1. The molecular formula is C37H49F3N6O2. The molecule has 3 aliphatic rings. The van der Waals surface area contributed by atoms with Gasteiger partial charge in [0.2, 0.25) is 0 Å². The number of anilines is 1. The number of hydrogen-bond acceptors (Lipinski definition) is 6. The molecule has 1 aliphatic carbocycles. The summed E-state index contributed by atoms with van der Waals surface area (Å²) in [6.07, 6.45) is 7.70. The number of aromatic nitrogens is 2. The molecule has 1 aromatic carbocycles. The van der Waals surface area contributed by atoms with Crippen molar-refractivity contribution in [3.63, 3.8) is 0 Å². The number of pyridine rings is 1. The van der Waals surface area contributed by atoms with Crippen molar-refractivity contribution in [2.24, 2.45) is 5.92 Å². The molecule has 0 spiro atoms. The van der Waals surface area contributed by atoms with Crippen molar-refractivity contribution < 1.29 is 22.5 Å². The molecule has 2 atom stereocenters. The zero-order valence-electron chi connectivity index (χ0n) is 28.2. The van der Waals surface area contributed by atoms with E-state index in [-0.39, 0.29) is 18.1 Å². The normalized spacial score (nSPS) is 22.3. The van der Waals surface area contributed by atoms with E-state index >= 15 is 0 Å². The van der Waals surface area contributed by atoms with Gasteiger partial charge < -0.3 is 14.7 Å². The predicted molar refractivity (Wildman–Crippen MR) is 180 cm³/mol. The number of alkyl halides is 3. The molecule has 8 nitrogen and oxygen atoms in total. The van der Waals surface area contributed by atoms with Crippen LogP contribution in [0.5, 0.6) is 0 Å². The Kier molecular flexibility index (Phi) is 11.1. The second kappa shape index (κ2) is 15.4. The monoisotopic (exact) mass is 666 g/mol. The van der Waals surface area contributed by atoms with Crippen molar-refractivity contribution in [3.8, 4) is 0 Å². The summed E-state index contributed by atoms with van der Waals surface area (Å²) in [5.74, 6) is 0.659. The molecular weight excluding hydrogens is 617 g/mol. The number of fused-ring (bicyclic) bond motifs is 1. The molecule has 0 bridgehead atoms. The van der Waals surface area contributed by atoms with E-state index in [0.29, 0.717) is 61.0 Å². The van der Waals surface area contributed by atoms with Gasteiger partial charge in [0.05, 0.1) is 11.9 Å². The fourth-order valence-electron chi connectivity index (χ4n) is 7.86. The highest BCUT2D eigenvalue weighted by molar-refractivity contribution is 5.90. The first kappa shape index (κ1) is 34.4. The molecule has 2 N–H and O–H groups in total. The van der Waals surface area contributed by atoms with Crippen LogP contribution >= 0.6 is 0 Å². The molecule has 2 aliphatic heterocycles. The SMILES string of the molecule is Cc1noc(C)c1NC(=O)N1CCC(CNC2c3ccc(C(F)(F)F)nc3C(c3ccccc3)CN2C2CCCCCCCCC2)CC1. The molecule has 260 valence electrons.